The molecule has 5 heteroatoms. The summed E-state index contributed by atoms with van der Waals surface area (Å²) in [5.74, 6) is 0.168. The predicted molar refractivity (Wildman–Crippen MR) is 93.8 cm³/mol. The van der Waals surface area contributed by atoms with Crippen molar-refractivity contribution in [2.24, 2.45) is 0 Å². The zero-order valence-corrected chi connectivity index (χ0v) is 14.6. The van der Waals surface area contributed by atoms with Gasteiger partial charge in [-0.1, -0.05) is 37.3 Å². The van der Waals surface area contributed by atoms with Crippen molar-refractivity contribution in [3.05, 3.63) is 35.9 Å². The first-order chi connectivity index (χ1) is 11.6. The molecule has 130 valence electrons. The molecule has 1 N–H and O–H groups in total. The Bertz CT molecular complexity index is 594. The van der Waals surface area contributed by atoms with E-state index in [4.69, 9.17) is 0 Å². The molecule has 3 rings (SSSR count). The van der Waals surface area contributed by atoms with E-state index in [-0.39, 0.29) is 23.4 Å². The summed E-state index contributed by atoms with van der Waals surface area (Å²) in [6.07, 6.45) is 3.52. The number of hydrogen-bond donors (Lipinski definition) is 1. The van der Waals surface area contributed by atoms with Gasteiger partial charge in [0.2, 0.25) is 5.91 Å². The molecule has 0 saturated carbocycles. The minimum atomic E-state index is -0.0981. The van der Waals surface area contributed by atoms with Crippen molar-refractivity contribution in [2.75, 3.05) is 26.7 Å². The molecule has 3 amide bonds. The average Bonchev–Trinajstić information content (AvgIpc) is 2.86. The fourth-order valence-corrected chi connectivity index (χ4v) is 4.03. The number of carbonyl (C=O) groups is 2. The van der Waals surface area contributed by atoms with Gasteiger partial charge in [-0.3, -0.25) is 4.79 Å². The average molecular weight is 329 g/mol. The van der Waals surface area contributed by atoms with Crippen molar-refractivity contribution in [1.29, 1.82) is 0 Å². The fourth-order valence-electron chi connectivity index (χ4n) is 4.03. The second-order valence-electron chi connectivity index (χ2n) is 7.01. The molecule has 1 atom stereocenters. The van der Waals surface area contributed by atoms with Gasteiger partial charge in [0.1, 0.15) is 0 Å². The zero-order valence-electron chi connectivity index (χ0n) is 14.6. The Morgan fingerprint density at radius 3 is 2.54 bits per heavy atom. The van der Waals surface area contributed by atoms with E-state index < -0.39 is 0 Å². The lowest BCUT2D eigenvalue weighted by molar-refractivity contribution is -0.131. The van der Waals surface area contributed by atoms with Crippen LogP contribution in [-0.2, 0) is 4.79 Å². The number of nitrogens with one attached hydrogen (secondary N) is 1. The molecule has 2 aliphatic heterocycles. The number of likely N-dealkylation sites (tertiary alicyclic amines) is 2. The van der Waals surface area contributed by atoms with E-state index in [0.29, 0.717) is 13.1 Å². The molecule has 0 unspecified atom stereocenters. The molecular formula is C19H27N3O2. The van der Waals surface area contributed by atoms with Gasteiger partial charge in [-0.25, -0.2) is 4.79 Å². The van der Waals surface area contributed by atoms with E-state index in [2.05, 4.69) is 5.32 Å². The zero-order chi connectivity index (χ0) is 17.2. The van der Waals surface area contributed by atoms with Crippen LogP contribution < -0.4 is 5.32 Å². The lowest BCUT2D eigenvalue weighted by Crippen LogP contribution is -2.54. The van der Waals surface area contributed by atoms with Crippen LogP contribution in [0.25, 0.3) is 0 Å². The Kier molecular flexibility index (Phi) is 4.78. The number of piperidine rings is 1. The molecule has 1 aromatic rings. The van der Waals surface area contributed by atoms with Crippen LogP contribution in [-0.4, -0.2) is 54.0 Å². The molecule has 2 fully saturated rings. The molecule has 5 nitrogen and oxygen atoms in total. The fraction of sp³-hybridized carbons (Fsp3) is 0.579. The number of amides is 3. The van der Waals surface area contributed by atoms with Gasteiger partial charge in [0.25, 0.3) is 0 Å². The lowest BCUT2D eigenvalue weighted by atomic mass is 9.81. The van der Waals surface area contributed by atoms with Crippen LogP contribution in [0.1, 0.15) is 44.1 Å². The van der Waals surface area contributed by atoms with Crippen molar-refractivity contribution in [3.8, 4) is 0 Å². The Morgan fingerprint density at radius 1 is 1.25 bits per heavy atom. The van der Waals surface area contributed by atoms with E-state index >= 15 is 0 Å². The van der Waals surface area contributed by atoms with Crippen molar-refractivity contribution in [3.63, 3.8) is 0 Å². The SMILES string of the molecule is CCCNC(=O)N1CCC2(CC1)C[C@H](c1ccccc1)C(=O)N2C. The van der Waals surface area contributed by atoms with Crippen LogP contribution in [0, 0.1) is 0 Å². The molecule has 1 aromatic carbocycles. The molecule has 2 aliphatic rings. The van der Waals surface area contributed by atoms with Crippen molar-refractivity contribution in [1.82, 2.24) is 15.1 Å². The summed E-state index contributed by atoms with van der Waals surface area (Å²) >= 11 is 0. The van der Waals surface area contributed by atoms with Crippen LogP contribution in [0.15, 0.2) is 30.3 Å². The summed E-state index contributed by atoms with van der Waals surface area (Å²) in [6.45, 7) is 4.20. The number of carbonyl (C=O) groups excluding carboxylic acids is 2. The van der Waals surface area contributed by atoms with E-state index in [1.54, 1.807) is 0 Å². The maximum Gasteiger partial charge on any atom is 0.317 e. The van der Waals surface area contributed by atoms with E-state index in [1.807, 2.05) is 54.1 Å². The quantitative estimate of drug-likeness (QED) is 0.927. The Labute approximate surface area is 144 Å². The van der Waals surface area contributed by atoms with Gasteiger partial charge in [0.15, 0.2) is 0 Å². The van der Waals surface area contributed by atoms with E-state index in [0.717, 1.165) is 37.8 Å². The molecule has 0 aromatic heterocycles. The largest absolute Gasteiger partial charge is 0.339 e. The molecule has 2 heterocycles. The standard InChI is InChI=1S/C19H27N3O2/c1-3-11-20-18(24)22-12-9-19(10-13-22)14-16(17(23)21(19)2)15-7-5-4-6-8-15/h4-8,16H,3,9-14H2,1-2H3,(H,20,24)/t16-/m1/s1. The highest BCUT2D eigenvalue weighted by Gasteiger charge is 2.50. The first-order valence-corrected chi connectivity index (χ1v) is 8.93. The minimum absolute atomic E-state index is 0.0262. The third kappa shape index (κ3) is 2.99. The summed E-state index contributed by atoms with van der Waals surface area (Å²) in [7, 11) is 1.93. The van der Waals surface area contributed by atoms with Crippen LogP contribution in [0.3, 0.4) is 0 Å². The number of urea groups is 1. The highest BCUT2D eigenvalue weighted by atomic mass is 16.2. The summed E-state index contributed by atoms with van der Waals surface area (Å²) < 4.78 is 0. The topological polar surface area (TPSA) is 52.7 Å². The van der Waals surface area contributed by atoms with E-state index in [1.165, 1.54) is 0 Å². The predicted octanol–water partition coefficient (Wildman–Crippen LogP) is 2.59. The molecular weight excluding hydrogens is 302 g/mol. The smallest absolute Gasteiger partial charge is 0.317 e. The monoisotopic (exact) mass is 329 g/mol. The van der Waals surface area contributed by atoms with E-state index in [9.17, 15) is 9.59 Å². The Hall–Kier alpha value is -2.04. The lowest BCUT2D eigenvalue weighted by Gasteiger charge is -2.43. The number of likely N-dealkylation sites (N-methyl/N-ethyl adjacent to an activating group) is 1. The van der Waals surface area contributed by atoms with Gasteiger partial charge in [-0.2, -0.15) is 0 Å². The molecule has 0 radical (unpaired) electrons. The summed E-state index contributed by atoms with van der Waals surface area (Å²) in [6, 6.07) is 10.1. The van der Waals surface area contributed by atoms with Crippen LogP contribution in [0.4, 0.5) is 4.79 Å². The maximum atomic E-state index is 12.8. The van der Waals surface area contributed by atoms with Crippen molar-refractivity contribution < 1.29 is 9.59 Å². The van der Waals surface area contributed by atoms with Crippen molar-refractivity contribution in [2.45, 2.75) is 44.1 Å². The molecule has 2 saturated heterocycles. The maximum absolute atomic E-state index is 12.8. The molecule has 24 heavy (non-hydrogen) atoms. The van der Waals surface area contributed by atoms with Gasteiger partial charge in [-0.15, -0.1) is 0 Å². The first-order valence-electron chi connectivity index (χ1n) is 8.93. The summed E-state index contributed by atoms with van der Waals surface area (Å²) in [4.78, 5) is 28.7. The molecule has 1 spiro atoms. The normalized spacial score (nSPS) is 22.9. The Balaban J connectivity index is 1.67. The first kappa shape index (κ1) is 16.8. The van der Waals surface area contributed by atoms with Crippen LogP contribution in [0.5, 0.6) is 0 Å². The second kappa shape index (κ2) is 6.83. The van der Waals surface area contributed by atoms with Gasteiger partial charge >= 0.3 is 6.03 Å². The number of rotatable bonds is 3. The number of benzene rings is 1. The number of nitrogens with zero attached hydrogens (tertiary/aromatic N) is 2. The molecule has 0 bridgehead atoms. The van der Waals surface area contributed by atoms with Crippen molar-refractivity contribution >= 4 is 11.9 Å². The van der Waals surface area contributed by atoms with Crippen LogP contribution in [0.2, 0.25) is 0 Å². The highest BCUT2D eigenvalue weighted by Crippen LogP contribution is 2.44. The highest BCUT2D eigenvalue weighted by molar-refractivity contribution is 5.87. The minimum Gasteiger partial charge on any atom is -0.339 e. The van der Waals surface area contributed by atoms with Gasteiger partial charge < -0.3 is 15.1 Å². The number of hydrogen-bond acceptors (Lipinski definition) is 2. The summed E-state index contributed by atoms with van der Waals surface area (Å²) in [5, 5.41) is 2.94. The van der Waals surface area contributed by atoms with Gasteiger partial charge in [-0.05, 0) is 31.2 Å². The third-order valence-electron chi connectivity index (χ3n) is 5.63. The van der Waals surface area contributed by atoms with Crippen LogP contribution >= 0.6 is 0 Å². The third-order valence-corrected chi connectivity index (χ3v) is 5.63. The van der Waals surface area contributed by atoms with Gasteiger partial charge in [0.05, 0.1) is 5.92 Å². The summed E-state index contributed by atoms with van der Waals surface area (Å²) in [5.41, 5.74) is 1.01. The molecule has 0 aliphatic carbocycles. The Morgan fingerprint density at radius 2 is 1.92 bits per heavy atom. The van der Waals surface area contributed by atoms with Gasteiger partial charge in [0, 0.05) is 32.2 Å². The second-order valence-corrected chi connectivity index (χ2v) is 7.01.